The number of ether oxygens (including phenoxy) is 1. The van der Waals surface area contributed by atoms with Crippen LogP contribution in [-0.4, -0.2) is 61.5 Å². The van der Waals surface area contributed by atoms with Gasteiger partial charge in [0.05, 0.1) is 17.2 Å². The summed E-state index contributed by atoms with van der Waals surface area (Å²) in [5, 5.41) is 13.5. The number of anilines is 2. The lowest BCUT2D eigenvalue weighted by Crippen LogP contribution is -2.44. The maximum Gasteiger partial charge on any atom is 0.300 e. The Kier molecular flexibility index (Phi) is 7.24. The first-order valence-electron chi connectivity index (χ1n) is 12.2. The van der Waals surface area contributed by atoms with Crippen molar-refractivity contribution in [2.45, 2.75) is 13.0 Å². The number of hydrogen-bond donors (Lipinski definition) is 1. The molecule has 0 radical (unpaired) electrons. The van der Waals surface area contributed by atoms with E-state index in [-0.39, 0.29) is 21.9 Å². The molecule has 5 rings (SSSR count). The molecular formula is C28H28ClN3O4S. The molecule has 2 aromatic carbocycles. The van der Waals surface area contributed by atoms with E-state index < -0.39 is 17.7 Å². The van der Waals surface area contributed by atoms with E-state index in [1.807, 2.05) is 48.7 Å². The molecule has 192 valence electrons. The summed E-state index contributed by atoms with van der Waals surface area (Å²) in [6.45, 7) is 6.12. The molecule has 0 bridgehead atoms. The number of likely N-dealkylation sites (N-methyl/N-ethyl adjacent to an activating group) is 1. The Morgan fingerprint density at radius 2 is 1.76 bits per heavy atom. The van der Waals surface area contributed by atoms with Gasteiger partial charge in [-0.1, -0.05) is 17.7 Å². The highest BCUT2D eigenvalue weighted by Gasteiger charge is 2.47. The number of thiophene rings is 1. The summed E-state index contributed by atoms with van der Waals surface area (Å²) in [7, 11) is 2.11. The average molecular weight is 538 g/mol. The SMILES string of the molecule is CCOc1ccc(Cl)c(/C(O)=C2/C(=O)C(=O)N(c3ccc(N4CCN(C)CC4)cc3)C2c2cccs2)c1. The van der Waals surface area contributed by atoms with Gasteiger partial charge in [0.15, 0.2) is 0 Å². The molecule has 9 heteroatoms. The number of aliphatic hydroxyl groups is 1. The molecular weight excluding hydrogens is 510 g/mol. The lowest BCUT2D eigenvalue weighted by molar-refractivity contribution is -0.132. The van der Waals surface area contributed by atoms with Gasteiger partial charge in [-0.15, -0.1) is 11.3 Å². The molecule has 37 heavy (non-hydrogen) atoms. The van der Waals surface area contributed by atoms with Crippen LogP contribution in [0.4, 0.5) is 11.4 Å². The van der Waals surface area contributed by atoms with Crippen LogP contribution in [0, 0.1) is 0 Å². The molecule has 2 aliphatic rings. The number of piperazine rings is 1. The Hall–Kier alpha value is -3.33. The van der Waals surface area contributed by atoms with Gasteiger partial charge in [-0.3, -0.25) is 14.5 Å². The molecule has 1 aromatic heterocycles. The van der Waals surface area contributed by atoms with Crippen LogP contribution in [0.1, 0.15) is 23.4 Å². The molecule has 2 saturated heterocycles. The van der Waals surface area contributed by atoms with E-state index in [2.05, 4.69) is 16.8 Å². The van der Waals surface area contributed by atoms with Crippen molar-refractivity contribution in [1.82, 2.24) is 4.90 Å². The maximum atomic E-state index is 13.4. The van der Waals surface area contributed by atoms with Gasteiger partial charge in [0.2, 0.25) is 0 Å². The van der Waals surface area contributed by atoms with Crippen LogP contribution >= 0.6 is 22.9 Å². The third-order valence-electron chi connectivity index (χ3n) is 6.76. The largest absolute Gasteiger partial charge is 0.507 e. The van der Waals surface area contributed by atoms with Gasteiger partial charge >= 0.3 is 0 Å². The highest BCUT2D eigenvalue weighted by Crippen LogP contribution is 2.44. The van der Waals surface area contributed by atoms with Gasteiger partial charge in [0, 0.05) is 48.0 Å². The lowest BCUT2D eigenvalue weighted by atomic mass is 9.99. The van der Waals surface area contributed by atoms with Gasteiger partial charge in [-0.05, 0) is 67.9 Å². The molecule has 3 aromatic rings. The Bertz CT molecular complexity index is 1330. The molecule has 3 heterocycles. The molecule has 1 amide bonds. The lowest BCUT2D eigenvalue weighted by Gasteiger charge is -2.34. The van der Waals surface area contributed by atoms with Crippen molar-refractivity contribution in [1.29, 1.82) is 0 Å². The van der Waals surface area contributed by atoms with Gasteiger partial charge in [0.1, 0.15) is 17.6 Å². The minimum Gasteiger partial charge on any atom is -0.507 e. The summed E-state index contributed by atoms with van der Waals surface area (Å²) in [5.74, 6) is -1.25. The standard InChI is InChI=1S/C28H28ClN3O4S/c1-3-36-20-10-11-22(29)21(17-20)26(33)24-25(23-5-4-16-37-23)32(28(35)27(24)34)19-8-6-18(7-9-19)31-14-12-30(2)13-15-31/h4-11,16-17,25,33H,3,12-15H2,1-2H3/b26-24-. The number of benzene rings is 2. The fraction of sp³-hybridized carbons (Fsp3) is 0.286. The minimum atomic E-state index is -0.777. The zero-order chi connectivity index (χ0) is 26.1. The summed E-state index contributed by atoms with van der Waals surface area (Å²) in [6, 6.07) is 15.5. The van der Waals surface area contributed by atoms with Crippen molar-refractivity contribution in [3.63, 3.8) is 0 Å². The third kappa shape index (κ3) is 4.84. The maximum absolute atomic E-state index is 13.4. The predicted molar refractivity (Wildman–Crippen MR) is 148 cm³/mol. The zero-order valence-corrected chi connectivity index (χ0v) is 22.3. The molecule has 2 fully saturated rings. The van der Waals surface area contributed by atoms with Gasteiger partial charge in [-0.25, -0.2) is 0 Å². The third-order valence-corrected chi connectivity index (χ3v) is 8.01. The van der Waals surface area contributed by atoms with Crippen molar-refractivity contribution in [2.75, 3.05) is 49.6 Å². The van der Waals surface area contributed by atoms with Crippen molar-refractivity contribution >= 4 is 51.8 Å². The Labute approximate surface area is 225 Å². The van der Waals surface area contributed by atoms with E-state index in [9.17, 15) is 14.7 Å². The number of nitrogens with zero attached hydrogens (tertiary/aromatic N) is 3. The Morgan fingerprint density at radius 1 is 1.05 bits per heavy atom. The van der Waals surface area contributed by atoms with E-state index in [4.69, 9.17) is 16.3 Å². The second-order valence-corrected chi connectivity index (χ2v) is 10.5. The van der Waals surface area contributed by atoms with Crippen LogP contribution in [-0.2, 0) is 9.59 Å². The number of rotatable bonds is 6. The zero-order valence-electron chi connectivity index (χ0n) is 20.7. The highest BCUT2D eigenvalue weighted by molar-refractivity contribution is 7.10. The number of ketones is 1. The number of Topliss-reactive ketones (excluding diaryl/α,β-unsaturated/α-hetero) is 1. The first kappa shape index (κ1) is 25.3. The highest BCUT2D eigenvalue weighted by atomic mass is 35.5. The monoisotopic (exact) mass is 537 g/mol. The summed E-state index contributed by atoms with van der Waals surface area (Å²) >= 11 is 7.83. The number of aliphatic hydroxyl groups excluding tert-OH is 1. The molecule has 0 spiro atoms. The van der Waals surface area contributed by atoms with E-state index in [0.29, 0.717) is 18.0 Å². The summed E-state index contributed by atoms with van der Waals surface area (Å²) in [4.78, 5) is 33.6. The number of hydrogen-bond acceptors (Lipinski definition) is 7. The second-order valence-electron chi connectivity index (χ2n) is 9.07. The fourth-order valence-electron chi connectivity index (χ4n) is 4.79. The first-order chi connectivity index (χ1) is 17.9. The van der Waals surface area contributed by atoms with Crippen LogP contribution in [0.3, 0.4) is 0 Å². The minimum absolute atomic E-state index is 0.00569. The van der Waals surface area contributed by atoms with Crippen molar-refractivity contribution in [3.05, 3.63) is 81.0 Å². The molecule has 0 saturated carbocycles. The molecule has 2 aliphatic heterocycles. The van der Waals surface area contributed by atoms with Crippen LogP contribution in [0.15, 0.2) is 65.6 Å². The quantitative estimate of drug-likeness (QED) is 0.265. The number of carbonyl (C=O) groups is 2. The van der Waals surface area contributed by atoms with E-state index in [1.54, 1.807) is 18.2 Å². The summed E-state index contributed by atoms with van der Waals surface area (Å²) in [6.07, 6.45) is 0. The van der Waals surface area contributed by atoms with Gasteiger partial charge in [-0.2, -0.15) is 0 Å². The average Bonchev–Trinajstić information content (AvgIpc) is 3.52. The molecule has 7 nitrogen and oxygen atoms in total. The normalized spacial score (nSPS) is 20.0. The van der Waals surface area contributed by atoms with Crippen molar-refractivity contribution < 1.29 is 19.4 Å². The van der Waals surface area contributed by atoms with Crippen LogP contribution in [0.5, 0.6) is 5.75 Å². The van der Waals surface area contributed by atoms with Crippen LogP contribution in [0.2, 0.25) is 5.02 Å². The van der Waals surface area contributed by atoms with Crippen molar-refractivity contribution in [2.24, 2.45) is 0 Å². The van der Waals surface area contributed by atoms with E-state index in [1.165, 1.54) is 16.2 Å². The Balaban J connectivity index is 1.56. The van der Waals surface area contributed by atoms with E-state index in [0.717, 1.165) is 36.7 Å². The second kappa shape index (κ2) is 10.6. The van der Waals surface area contributed by atoms with Crippen LogP contribution < -0.4 is 14.5 Å². The number of halogens is 1. The first-order valence-corrected chi connectivity index (χ1v) is 13.5. The van der Waals surface area contributed by atoms with Crippen LogP contribution in [0.25, 0.3) is 5.76 Å². The summed E-state index contributed by atoms with van der Waals surface area (Å²) in [5.41, 5.74) is 1.91. The van der Waals surface area contributed by atoms with Gasteiger partial charge in [0.25, 0.3) is 11.7 Å². The smallest absolute Gasteiger partial charge is 0.300 e. The molecule has 0 aliphatic carbocycles. The van der Waals surface area contributed by atoms with Gasteiger partial charge < -0.3 is 19.6 Å². The van der Waals surface area contributed by atoms with Crippen molar-refractivity contribution in [3.8, 4) is 5.75 Å². The predicted octanol–water partition coefficient (Wildman–Crippen LogP) is 5.18. The number of amides is 1. The Morgan fingerprint density at radius 3 is 2.41 bits per heavy atom. The number of carbonyl (C=O) groups excluding carboxylic acids is 2. The fourth-order valence-corrected chi connectivity index (χ4v) is 5.82. The molecule has 1 atom stereocenters. The topological polar surface area (TPSA) is 73.3 Å². The molecule has 1 unspecified atom stereocenters. The molecule has 1 N–H and O–H groups in total. The summed E-state index contributed by atoms with van der Waals surface area (Å²) < 4.78 is 5.56. The van der Waals surface area contributed by atoms with E-state index >= 15 is 0 Å².